The molecule has 0 radical (unpaired) electrons. The molecule has 3 nitrogen and oxygen atoms in total. The minimum atomic E-state index is -0.540. The van der Waals surface area contributed by atoms with Gasteiger partial charge >= 0.3 is 0 Å². The molecule has 0 aliphatic rings. The van der Waals surface area contributed by atoms with Crippen LogP contribution in [0.15, 0.2) is 53.7 Å². The molecule has 5 heteroatoms. The number of aliphatic hydroxyl groups is 1. The highest BCUT2D eigenvalue weighted by atomic mass is 35.5. The number of thioether (sulfide) groups is 1. The Morgan fingerprint density at radius 3 is 2.75 bits per heavy atom. The van der Waals surface area contributed by atoms with Crippen molar-refractivity contribution in [2.45, 2.75) is 17.7 Å². The zero-order valence-electron chi connectivity index (χ0n) is 10.9. The lowest BCUT2D eigenvalue weighted by molar-refractivity contribution is 0.0398. The summed E-state index contributed by atoms with van der Waals surface area (Å²) in [6.45, 7) is 0.805. The van der Waals surface area contributed by atoms with Gasteiger partial charge in [-0.1, -0.05) is 41.9 Å². The number of ether oxygens (including phenoxy) is 1. The summed E-state index contributed by atoms with van der Waals surface area (Å²) in [6.07, 6.45) is 1.15. The van der Waals surface area contributed by atoms with Crippen molar-refractivity contribution in [3.8, 4) is 0 Å². The van der Waals surface area contributed by atoms with Crippen LogP contribution in [-0.4, -0.2) is 28.6 Å². The third kappa shape index (κ3) is 5.13. The summed E-state index contributed by atoms with van der Waals surface area (Å²) in [5, 5.41) is 11.2. The Morgan fingerprint density at radius 1 is 1.20 bits per heavy atom. The molecule has 0 amide bonds. The second-order valence-electron chi connectivity index (χ2n) is 4.26. The molecule has 0 spiro atoms. The second kappa shape index (κ2) is 8.27. The maximum Gasteiger partial charge on any atom is 0.115 e. The Kier molecular flexibility index (Phi) is 6.33. The highest BCUT2D eigenvalue weighted by molar-refractivity contribution is 7.99. The van der Waals surface area contributed by atoms with E-state index in [9.17, 15) is 5.11 Å². The minimum absolute atomic E-state index is 0.298. The third-order valence-electron chi connectivity index (χ3n) is 2.56. The number of halogens is 1. The predicted octanol–water partition coefficient (Wildman–Crippen LogP) is 3.40. The SMILES string of the molecule is OC(COCc1ccccc1)CSc1ncccc1Cl. The molecular weight excluding hydrogens is 294 g/mol. The molecule has 20 heavy (non-hydrogen) atoms. The maximum atomic E-state index is 9.86. The molecule has 0 fully saturated rings. The number of nitrogens with zero attached hydrogens (tertiary/aromatic N) is 1. The molecule has 1 aromatic carbocycles. The lowest BCUT2D eigenvalue weighted by Crippen LogP contribution is -2.18. The highest BCUT2D eigenvalue weighted by Crippen LogP contribution is 2.24. The van der Waals surface area contributed by atoms with Crippen LogP contribution >= 0.6 is 23.4 Å². The van der Waals surface area contributed by atoms with Crippen LogP contribution in [0.25, 0.3) is 0 Å². The first-order valence-electron chi connectivity index (χ1n) is 6.29. The molecule has 0 aliphatic carbocycles. The summed E-state index contributed by atoms with van der Waals surface area (Å²) < 4.78 is 5.48. The monoisotopic (exact) mass is 309 g/mol. The van der Waals surface area contributed by atoms with Gasteiger partial charge in [-0.3, -0.25) is 0 Å². The van der Waals surface area contributed by atoms with E-state index in [-0.39, 0.29) is 0 Å². The van der Waals surface area contributed by atoms with Crippen LogP contribution < -0.4 is 0 Å². The Hall–Kier alpha value is -1.07. The van der Waals surface area contributed by atoms with Crippen LogP contribution in [0, 0.1) is 0 Å². The minimum Gasteiger partial charge on any atom is -0.390 e. The summed E-state index contributed by atoms with van der Waals surface area (Å²) in [6, 6.07) is 13.5. The average molecular weight is 310 g/mol. The van der Waals surface area contributed by atoms with Crippen molar-refractivity contribution in [2.24, 2.45) is 0 Å². The summed E-state index contributed by atoms with van der Waals surface area (Å²) in [5.74, 6) is 0.505. The van der Waals surface area contributed by atoms with Crippen LogP contribution in [0.2, 0.25) is 5.02 Å². The first kappa shape index (κ1) is 15.3. The van der Waals surface area contributed by atoms with Crippen molar-refractivity contribution >= 4 is 23.4 Å². The molecule has 106 valence electrons. The van der Waals surface area contributed by atoms with E-state index in [1.54, 1.807) is 18.3 Å². The van der Waals surface area contributed by atoms with E-state index in [4.69, 9.17) is 16.3 Å². The summed E-state index contributed by atoms with van der Waals surface area (Å²) >= 11 is 7.42. The van der Waals surface area contributed by atoms with Gasteiger partial charge in [0.05, 0.1) is 24.3 Å². The van der Waals surface area contributed by atoms with Crippen molar-refractivity contribution in [3.63, 3.8) is 0 Å². The summed E-state index contributed by atoms with van der Waals surface area (Å²) in [5.41, 5.74) is 1.10. The Balaban J connectivity index is 1.68. The fourth-order valence-electron chi connectivity index (χ4n) is 1.59. The molecule has 1 aromatic heterocycles. The third-order valence-corrected chi connectivity index (χ3v) is 4.13. The fourth-order valence-corrected chi connectivity index (χ4v) is 2.66. The van der Waals surface area contributed by atoms with Gasteiger partial charge in [0.15, 0.2) is 0 Å². The number of aliphatic hydroxyl groups excluding tert-OH is 1. The van der Waals surface area contributed by atoms with E-state index in [0.717, 1.165) is 10.6 Å². The van der Waals surface area contributed by atoms with Crippen molar-refractivity contribution in [1.29, 1.82) is 0 Å². The van der Waals surface area contributed by atoms with Gasteiger partial charge in [0, 0.05) is 11.9 Å². The van der Waals surface area contributed by atoms with E-state index in [1.165, 1.54) is 11.8 Å². The van der Waals surface area contributed by atoms with Crippen LogP contribution in [0.3, 0.4) is 0 Å². The molecule has 1 heterocycles. The van der Waals surface area contributed by atoms with Crippen LogP contribution in [-0.2, 0) is 11.3 Å². The van der Waals surface area contributed by atoms with E-state index < -0.39 is 6.10 Å². The Labute approximate surface area is 128 Å². The van der Waals surface area contributed by atoms with Gasteiger partial charge in [-0.05, 0) is 17.7 Å². The van der Waals surface area contributed by atoms with Gasteiger partial charge in [0.2, 0.25) is 0 Å². The molecule has 1 N–H and O–H groups in total. The molecule has 0 bridgehead atoms. The molecule has 2 aromatic rings. The number of aromatic nitrogens is 1. The first-order chi connectivity index (χ1) is 9.75. The van der Waals surface area contributed by atoms with Crippen LogP contribution in [0.1, 0.15) is 5.56 Å². The fraction of sp³-hybridized carbons (Fsp3) is 0.267. The lowest BCUT2D eigenvalue weighted by atomic mass is 10.2. The predicted molar refractivity (Wildman–Crippen MR) is 82.1 cm³/mol. The van der Waals surface area contributed by atoms with Gasteiger partial charge in [0.1, 0.15) is 5.03 Å². The molecular formula is C15H16ClNO2S. The Morgan fingerprint density at radius 2 is 2.00 bits per heavy atom. The number of pyridine rings is 1. The smallest absolute Gasteiger partial charge is 0.115 e. The zero-order chi connectivity index (χ0) is 14.2. The first-order valence-corrected chi connectivity index (χ1v) is 7.65. The van der Waals surface area contributed by atoms with E-state index >= 15 is 0 Å². The lowest BCUT2D eigenvalue weighted by Gasteiger charge is -2.11. The maximum absolute atomic E-state index is 9.86. The van der Waals surface area contributed by atoms with E-state index in [1.807, 2.05) is 30.3 Å². The summed E-state index contributed by atoms with van der Waals surface area (Å²) in [7, 11) is 0. The molecule has 2 rings (SSSR count). The largest absolute Gasteiger partial charge is 0.390 e. The van der Waals surface area contributed by atoms with E-state index in [0.29, 0.717) is 24.0 Å². The molecule has 0 aliphatic heterocycles. The number of rotatable bonds is 7. The number of hydrogen-bond donors (Lipinski definition) is 1. The molecule has 1 unspecified atom stereocenters. The zero-order valence-corrected chi connectivity index (χ0v) is 12.5. The average Bonchev–Trinajstić information content (AvgIpc) is 2.47. The van der Waals surface area contributed by atoms with Crippen LogP contribution in [0.4, 0.5) is 0 Å². The van der Waals surface area contributed by atoms with Crippen molar-refractivity contribution in [2.75, 3.05) is 12.4 Å². The quantitative estimate of drug-likeness (QED) is 0.796. The van der Waals surface area contributed by atoms with Crippen LogP contribution in [0.5, 0.6) is 0 Å². The van der Waals surface area contributed by atoms with Crippen molar-refractivity contribution in [3.05, 3.63) is 59.2 Å². The van der Waals surface area contributed by atoms with Crippen molar-refractivity contribution in [1.82, 2.24) is 4.98 Å². The number of hydrogen-bond acceptors (Lipinski definition) is 4. The van der Waals surface area contributed by atoms with Gasteiger partial charge in [-0.25, -0.2) is 4.98 Å². The number of benzene rings is 1. The van der Waals surface area contributed by atoms with Gasteiger partial charge < -0.3 is 9.84 Å². The summed E-state index contributed by atoms with van der Waals surface area (Å²) in [4.78, 5) is 4.16. The van der Waals surface area contributed by atoms with Gasteiger partial charge in [-0.15, -0.1) is 11.8 Å². The highest BCUT2D eigenvalue weighted by Gasteiger charge is 2.08. The molecule has 0 saturated heterocycles. The second-order valence-corrected chi connectivity index (χ2v) is 5.67. The van der Waals surface area contributed by atoms with Gasteiger partial charge in [0.25, 0.3) is 0 Å². The normalized spacial score (nSPS) is 12.3. The Bertz CT molecular complexity index is 524. The van der Waals surface area contributed by atoms with Crippen molar-refractivity contribution < 1.29 is 9.84 Å². The van der Waals surface area contributed by atoms with Gasteiger partial charge in [-0.2, -0.15) is 0 Å². The van der Waals surface area contributed by atoms with E-state index in [2.05, 4.69) is 4.98 Å². The molecule has 1 atom stereocenters. The standard InChI is InChI=1S/C15H16ClNO2S/c16-14-7-4-8-17-15(14)20-11-13(18)10-19-9-12-5-2-1-3-6-12/h1-8,13,18H,9-11H2. The molecule has 0 saturated carbocycles. The topological polar surface area (TPSA) is 42.4 Å².